The number of nitrogens with one attached hydrogen (secondary N) is 1. The van der Waals surface area contributed by atoms with Gasteiger partial charge in [-0.1, -0.05) is 27.2 Å². The van der Waals surface area contributed by atoms with E-state index < -0.39 is 0 Å². The molecule has 0 heterocycles. The number of aliphatic hydroxyl groups is 1. The molecule has 0 aliphatic heterocycles. The third-order valence-electron chi connectivity index (χ3n) is 3.27. The van der Waals surface area contributed by atoms with Gasteiger partial charge in [-0.3, -0.25) is 4.79 Å². The number of aliphatic hydroxyl groups excluding tert-OH is 1. The zero-order valence-electron chi connectivity index (χ0n) is 12.3. The van der Waals surface area contributed by atoms with Gasteiger partial charge in [0.05, 0.1) is 0 Å². The molecule has 0 aromatic carbocycles. The first-order chi connectivity index (χ1) is 8.28. The lowest BCUT2D eigenvalue weighted by Crippen LogP contribution is -2.37. The number of rotatable bonds is 9. The van der Waals surface area contributed by atoms with E-state index in [0.717, 1.165) is 19.3 Å². The van der Waals surface area contributed by atoms with E-state index in [1.165, 1.54) is 0 Å². The molecule has 0 bridgehead atoms. The second-order valence-corrected chi connectivity index (χ2v) is 6.16. The van der Waals surface area contributed by atoms with Crippen molar-refractivity contribution < 1.29 is 9.90 Å². The Bertz CT molecular complexity index is 240. The largest absolute Gasteiger partial charge is 0.396 e. The van der Waals surface area contributed by atoms with Crippen LogP contribution in [-0.4, -0.2) is 30.2 Å². The van der Waals surface area contributed by atoms with Crippen molar-refractivity contribution >= 4 is 5.91 Å². The Morgan fingerprint density at radius 2 is 1.94 bits per heavy atom. The molecule has 18 heavy (non-hydrogen) atoms. The molecular weight excluding hydrogens is 228 g/mol. The molecule has 0 rings (SSSR count). The van der Waals surface area contributed by atoms with Crippen LogP contribution in [0.1, 0.15) is 53.4 Å². The zero-order valence-corrected chi connectivity index (χ0v) is 12.3. The summed E-state index contributed by atoms with van der Waals surface area (Å²) in [5, 5.41) is 11.9. The molecule has 0 saturated carbocycles. The van der Waals surface area contributed by atoms with E-state index in [1.54, 1.807) is 0 Å². The highest BCUT2D eigenvalue weighted by Crippen LogP contribution is 2.18. The molecule has 0 aromatic rings. The molecule has 0 aliphatic carbocycles. The number of carbonyl (C=O) groups is 1. The number of amides is 1. The van der Waals surface area contributed by atoms with Crippen LogP contribution in [-0.2, 0) is 4.79 Å². The van der Waals surface area contributed by atoms with Gasteiger partial charge in [-0.05, 0) is 31.6 Å². The Labute approximate surface area is 111 Å². The number of hydrogen-bond acceptors (Lipinski definition) is 3. The summed E-state index contributed by atoms with van der Waals surface area (Å²) in [6, 6.07) is 0.212. The molecule has 4 nitrogen and oxygen atoms in total. The fourth-order valence-corrected chi connectivity index (χ4v) is 1.77. The van der Waals surface area contributed by atoms with E-state index >= 15 is 0 Å². The van der Waals surface area contributed by atoms with Crippen molar-refractivity contribution in [2.75, 3.05) is 13.2 Å². The van der Waals surface area contributed by atoms with Crippen LogP contribution in [0.25, 0.3) is 0 Å². The third kappa shape index (κ3) is 8.48. The van der Waals surface area contributed by atoms with Crippen molar-refractivity contribution in [3.8, 4) is 0 Å². The summed E-state index contributed by atoms with van der Waals surface area (Å²) in [5.41, 5.74) is 5.63. The summed E-state index contributed by atoms with van der Waals surface area (Å²) in [6.07, 6.45) is 3.54. The van der Waals surface area contributed by atoms with Crippen molar-refractivity contribution in [3.05, 3.63) is 0 Å². The SMILES string of the molecule is CC(N)CCCC(C)C(=O)NCC(C)(C)CCO. The van der Waals surface area contributed by atoms with E-state index in [2.05, 4.69) is 5.32 Å². The molecule has 1 amide bonds. The van der Waals surface area contributed by atoms with Crippen LogP contribution in [0, 0.1) is 11.3 Å². The topological polar surface area (TPSA) is 75.4 Å². The lowest BCUT2D eigenvalue weighted by Gasteiger charge is -2.25. The zero-order chi connectivity index (χ0) is 14.2. The molecule has 0 radical (unpaired) electrons. The van der Waals surface area contributed by atoms with Gasteiger partial charge in [-0.2, -0.15) is 0 Å². The average Bonchev–Trinajstić information content (AvgIpc) is 2.25. The lowest BCUT2D eigenvalue weighted by molar-refractivity contribution is -0.125. The Kier molecular flexibility index (Phi) is 8.20. The maximum Gasteiger partial charge on any atom is 0.222 e. The Morgan fingerprint density at radius 1 is 1.33 bits per heavy atom. The molecular formula is C14H30N2O2. The van der Waals surface area contributed by atoms with Gasteiger partial charge in [-0.15, -0.1) is 0 Å². The second-order valence-electron chi connectivity index (χ2n) is 6.16. The molecule has 2 unspecified atom stereocenters. The van der Waals surface area contributed by atoms with E-state index in [4.69, 9.17) is 10.8 Å². The molecule has 0 aromatic heterocycles. The Morgan fingerprint density at radius 3 is 2.44 bits per heavy atom. The lowest BCUT2D eigenvalue weighted by atomic mass is 9.89. The van der Waals surface area contributed by atoms with E-state index in [-0.39, 0.29) is 29.9 Å². The van der Waals surface area contributed by atoms with Gasteiger partial charge in [0.15, 0.2) is 0 Å². The number of nitrogens with two attached hydrogens (primary N) is 1. The van der Waals surface area contributed by atoms with Crippen LogP contribution >= 0.6 is 0 Å². The van der Waals surface area contributed by atoms with Crippen molar-refractivity contribution in [1.29, 1.82) is 0 Å². The first kappa shape index (κ1) is 17.4. The fraction of sp³-hybridized carbons (Fsp3) is 0.929. The summed E-state index contributed by atoms with van der Waals surface area (Å²) in [6.45, 7) is 8.81. The molecule has 4 N–H and O–H groups in total. The number of carbonyl (C=O) groups excluding carboxylic acids is 1. The minimum atomic E-state index is -0.0457. The quantitative estimate of drug-likeness (QED) is 0.589. The summed E-state index contributed by atoms with van der Waals surface area (Å²) in [5.74, 6) is 0.138. The monoisotopic (exact) mass is 258 g/mol. The molecule has 0 saturated heterocycles. The third-order valence-corrected chi connectivity index (χ3v) is 3.27. The van der Waals surface area contributed by atoms with Gasteiger partial charge in [-0.25, -0.2) is 0 Å². The van der Waals surface area contributed by atoms with Crippen molar-refractivity contribution in [2.24, 2.45) is 17.1 Å². The Balaban J connectivity index is 3.87. The normalized spacial score (nSPS) is 15.2. The summed E-state index contributed by atoms with van der Waals surface area (Å²) < 4.78 is 0. The fourth-order valence-electron chi connectivity index (χ4n) is 1.77. The second kappa shape index (κ2) is 8.48. The average molecular weight is 258 g/mol. The van der Waals surface area contributed by atoms with Crippen LogP contribution < -0.4 is 11.1 Å². The highest BCUT2D eigenvalue weighted by atomic mass is 16.3. The Hall–Kier alpha value is -0.610. The van der Waals surface area contributed by atoms with Crippen LogP contribution in [0.15, 0.2) is 0 Å². The standard InChI is InChI=1S/C14H30N2O2/c1-11(6-5-7-12(2)15)13(18)16-10-14(3,4)8-9-17/h11-12,17H,5-10,15H2,1-4H3,(H,16,18). The molecule has 2 atom stereocenters. The van der Waals surface area contributed by atoms with Crippen LogP contribution in [0.3, 0.4) is 0 Å². The van der Waals surface area contributed by atoms with E-state index in [0.29, 0.717) is 13.0 Å². The van der Waals surface area contributed by atoms with Gasteiger partial charge in [0.1, 0.15) is 0 Å². The minimum absolute atomic E-state index is 0.0358. The molecule has 108 valence electrons. The van der Waals surface area contributed by atoms with Crippen molar-refractivity contribution in [1.82, 2.24) is 5.32 Å². The molecule has 0 fully saturated rings. The van der Waals surface area contributed by atoms with Crippen molar-refractivity contribution in [2.45, 2.75) is 59.4 Å². The number of hydrogen-bond donors (Lipinski definition) is 3. The van der Waals surface area contributed by atoms with Gasteiger partial charge in [0.2, 0.25) is 5.91 Å². The predicted molar refractivity (Wildman–Crippen MR) is 75.2 cm³/mol. The molecule has 0 aliphatic rings. The van der Waals surface area contributed by atoms with Crippen LogP contribution in [0.4, 0.5) is 0 Å². The minimum Gasteiger partial charge on any atom is -0.396 e. The van der Waals surface area contributed by atoms with Gasteiger partial charge in [0.25, 0.3) is 0 Å². The van der Waals surface area contributed by atoms with Gasteiger partial charge >= 0.3 is 0 Å². The van der Waals surface area contributed by atoms with Gasteiger partial charge in [0, 0.05) is 25.1 Å². The maximum atomic E-state index is 11.9. The highest BCUT2D eigenvalue weighted by molar-refractivity contribution is 5.78. The van der Waals surface area contributed by atoms with Gasteiger partial charge < -0.3 is 16.2 Å². The maximum absolute atomic E-state index is 11.9. The molecule has 0 spiro atoms. The van der Waals surface area contributed by atoms with Crippen LogP contribution in [0.2, 0.25) is 0 Å². The van der Waals surface area contributed by atoms with E-state index in [9.17, 15) is 4.79 Å². The summed E-state index contributed by atoms with van der Waals surface area (Å²) >= 11 is 0. The van der Waals surface area contributed by atoms with Crippen molar-refractivity contribution in [3.63, 3.8) is 0 Å². The molecule has 4 heteroatoms. The smallest absolute Gasteiger partial charge is 0.222 e. The van der Waals surface area contributed by atoms with Crippen LogP contribution in [0.5, 0.6) is 0 Å². The first-order valence-electron chi connectivity index (χ1n) is 6.92. The van der Waals surface area contributed by atoms with E-state index in [1.807, 2.05) is 27.7 Å². The summed E-state index contributed by atoms with van der Waals surface area (Å²) in [4.78, 5) is 11.9. The summed E-state index contributed by atoms with van der Waals surface area (Å²) in [7, 11) is 0. The predicted octanol–water partition coefficient (Wildman–Crippen LogP) is 1.66. The highest BCUT2D eigenvalue weighted by Gasteiger charge is 2.20. The first-order valence-corrected chi connectivity index (χ1v) is 6.92.